The van der Waals surface area contributed by atoms with Crippen LogP contribution in [0.15, 0.2) is 42.0 Å². The van der Waals surface area contributed by atoms with Gasteiger partial charge >= 0.3 is 0 Å². The third kappa shape index (κ3) is 5.34. The molecule has 2 atom stereocenters. The summed E-state index contributed by atoms with van der Waals surface area (Å²) in [5.41, 5.74) is 1.83. The van der Waals surface area contributed by atoms with Crippen molar-refractivity contribution in [3.05, 3.63) is 63.2 Å². The summed E-state index contributed by atoms with van der Waals surface area (Å²) in [6, 6.07) is 0.453. The summed E-state index contributed by atoms with van der Waals surface area (Å²) < 4.78 is 0. The minimum Gasteiger partial charge on any atom is -0.304 e. The molecule has 6 nitrogen and oxygen atoms in total. The number of aromatic amines is 1. The van der Waals surface area contributed by atoms with Crippen LogP contribution in [0.1, 0.15) is 17.6 Å². The number of piperazine rings is 1. The average molecular weight is 447 g/mol. The number of allylic oxidation sites excluding steroid dienone is 4. The largest absolute Gasteiger partial charge is 0.304 e. The Bertz CT molecular complexity index is 1150. The van der Waals surface area contributed by atoms with E-state index in [1.165, 1.54) is 0 Å². The minimum atomic E-state index is 0.179. The Morgan fingerprint density at radius 1 is 1.34 bits per heavy atom. The van der Waals surface area contributed by atoms with E-state index in [9.17, 15) is 0 Å². The normalized spacial score (nSPS) is 22.0. The van der Waals surface area contributed by atoms with Crippen LogP contribution in [0.25, 0.3) is 18.2 Å². The van der Waals surface area contributed by atoms with Crippen molar-refractivity contribution in [1.82, 2.24) is 30.3 Å². The predicted molar refractivity (Wildman–Crippen MR) is 133 cm³/mol. The molecule has 0 aromatic carbocycles. The predicted octanol–water partition coefficient (Wildman–Crippen LogP) is 1.36. The molecule has 166 valence electrons. The van der Waals surface area contributed by atoms with Crippen LogP contribution in [-0.2, 0) is 6.54 Å². The molecule has 1 saturated heterocycles. The number of aromatic nitrogens is 3. The molecule has 0 spiro atoms. The molecule has 0 bridgehead atoms. The van der Waals surface area contributed by atoms with E-state index in [1.807, 2.05) is 36.7 Å². The molecule has 0 radical (unpaired) electrons. The number of rotatable bonds is 7. The van der Waals surface area contributed by atoms with Gasteiger partial charge in [0.05, 0.1) is 11.0 Å². The second-order valence-corrected chi connectivity index (χ2v) is 8.98. The SMILES string of the molecule is C=C/C=C(C#CC)/C=C/c1n[nH]c2c1=CC(NCc1nccs1)C(N1CCN(C)CC1)C=2. The number of nitrogens with one attached hydrogen (secondary N) is 2. The monoisotopic (exact) mass is 446 g/mol. The Labute approximate surface area is 193 Å². The van der Waals surface area contributed by atoms with Gasteiger partial charge in [0.15, 0.2) is 0 Å². The maximum absolute atomic E-state index is 4.59. The van der Waals surface area contributed by atoms with E-state index in [4.69, 9.17) is 0 Å². The van der Waals surface area contributed by atoms with Crippen molar-refractivity contribution < 1.29 is 0 Å². The first-order chi connectivity index (χ1) is 15.7. The van der Waals surface area contributed by atoms with E-state index in [2.05, 4.69) is 67.9 Å². The zero-order valence-electron chi connectivity index (χ0n) is 18.7. The molecule has 2 unspecified atom stereocenters. The summed E-state index contributed by atoms with van der Waals surface area (Å²) in [5.74, 6) is 6.04. The molecule has 2 aliphatic rings. The lowest BCUT2D eigenvalue weighted by Crippen LogP contribution is -2.57. The molecule has 1 aliphatic heterocycles. The summed E-state index contributed by atoms with van der Waals surface area (Å²) >= 11 is 1.68. The fourth-order valence-electron chi connectivity index (χ4n) is 4.12. The molecule has 7 heteroatoms. The number of hydrogen-bond acceptors (Lipinski definition) is 6. The summed E-state index contributed by atoms with van der Waals surface area (Å²) in [7, 11) is 2.19. The van der Waals surface area contributed by atoms with E-state index in [1.54, 1.807) is 17.4 Å². The molecule has 2 N–H and O–H groups in total. The smallest absolute Gasteiger partial charge is 0.106 e. The first kappa shape index (κ1) is 22.4. The maximum Gasteiger partial charge on any atom is 0.106 e. The van der Waals surface area contributed by atoms with Gasteiger partial charge in [-0.1, -0.05) is 24.7 Å². The summed E-state index contributed by atoms with van der Waals surface area (Å²) in [6.45, 7) is 10.7. The number of nitrogens with zero attached hydrogens (tertiary/aromatic N) is 4. The molecule has 32 heavy (non-hydrogen) atoms. The minimum absolute atomic E-state index is 0.179. The molecule has 2 aromatic rings. The van der Waals surface area contributed by atoms with Crippen LogP contribution in [0.4, 0.5) is 0 Å². The van der Waals surface area contributed by atoms with Gasteiger partial charge in [-0.3, -0.25) is 10.00 Å². The molecular formula is C25H30N6S. The summed E-state index contributed by atoms with van der Waals surface area (Å²) in [5, 5.41) is 16.9. The Balaban J connectivity index is 1.64. The molecule has 1 aliphatic carbocycles. The van der Waals surface area contributed by atoms with Crippen molar-refractivity contribution in [2.75, 3.05) is 33.2 Å². The first-order valence-electron chi connectivity index (χ1n) is 10.9. The van der Waals surface area contributed by atoms with E-state index >= 15 is 0 Å². The second-order valence-electron chi connectivity index (χ2n) is 8.00. The quantitative estimate of drug-likeness (QED) is 0.497. The first-order valence-corrected chi connectivity index (χ1v) is 11.8. The van der Waals surface area contributed by atoms with Crippen LogP contribution in [0.2, 0.25) is 0 Å². The Morgan fingerprint density at radius 2 is 2.19 bits per heavy atom. The van der Waals surface area contributed by atoms with E-state index < -0.39 is 0 Å². The van der Waals surface area contributed by atoms with Crippen molar-refractivity contribution in [2.45, 2.75) is 25.6 Å². The second kappa shape index (κ2) is 10.7. The zero-order chi connectivity index (χ0) is 22.3. The number of likely N-dealkylation sites (N-methyl/N-ethyl adjacent to an activating group) is 1. The van der Waals surface area contributed by atoms with Crippen molar-refractivity contribution in [1.29, 1.82) is 0 Å². The number of fused-ring (bicyclic) bond motifs is 1. The average Bonchev–Trinajstić information content (AvgIpc) is 3.46. The Hall–Kier alpha value is -2.76. The molecule has 3 heterocycles. The van der Waals surface area contributed by atoms with Gasteiger partial charge in [0.25, 0.3) is 0 Å². The standard InChI is InChI=1S/C25H30N6S/c1-4-6-19(7-5-2)8-9-21-20-16-23(27-18-25-26-10-15-32-25)24(17-22(20)29-28-21)31-13-11-30(3)12-14-31/h4,6,8-10,15-17,23-24,27,29H,1,11-14,18H2,2-3H3/b9-8+,19-6+. The van der Waals surface area contributed by atoms with Crippen LogP contribution < -0.4 is 15.9 Å². The molecule has 4 rings (SSSR count). The number of hydrogen-bond donors (Lipinski definition) is 2. The lowest BCUT2D eigenvalue weighted by atomic mass is 9.98. The van der Waals surface area contributed by atoms with Gasteiger partial charge in [-0.2, -0.15) is 5.10 Å². The Morgan fingerprint density at radius 3 is 2.91 bits per heavy atom. The fraction of sp³-hybridized carbons (Fsp3) is 0.360. The third-order valence-electron chi connectivity index (χ3n) is 5.83. The van der Waals surface area contributed by atoms with Crippen LogP contribution in [0.5, 0.6) is 0 Å². The van der Waals surface area contributed by atoms with Gasteiger partial charge in [0.1, 0.15) is 5.01 Å². The van der Waals surface area contributed by atoms with Gasteiger partial charge in [-0.05, 0) is 38.3 Å². The summed E-state index contributed by atoms with van der Waals surface area (Å²) in [4.78, 5) is 9.39. The van der Waals surface area contributed by atoms with E-state index in [-0.39, 0.29) is 12.1 Å². The van der Waals surface area contributed by atoms with E-state index in [0.29, 0.717) is 0 Å². The van der Waals surface area contributed by atoms with Crippen molar-refractivity contribution in [2.24, 2.45) is 0 Å². The number of thiazole rings is 1. The van der Waals surface area contributed by atoms with Crippen molar-refractivity contribution in [3.8, 4) is 11.8 Å². The highest BCUT2D eigenvalue weighted by molar-refractivity contribution is 7.09. The molecule has 2 aromatic heterocycles. The van der Waals surface area contributed by atoms with Gasteiger partial charge in [0.2, 0.25) is 0 Å². The van der Waals surface area contributed by atoms with Crippen molar-refractivity contribution in [3.63, 3.8) is 0 Å². The van der Waals surface area contributed by atoms with Gasteiger partial charge in [0, 0.05) is 67.2 Å². The fourth-order valence-corrected chi connectivity index (χ4v) is 4.68. The van der Waals surface area contributed by atoms with E-state index in [0.717, 1.165) is 59.6 Å². The highest BCUT2D eigenvalue weighted by Gasteiger charge is 2.29. The maximum atomic E-state index is 4.59. The van der Waals surface area contributed by atoms with Gasteiger partial charge in [-0.25, -0.2) is 4.98 Å². The highest BCUT2D eigenvalue weighted by Crippen LogP contribution is 2.15. The van der Waals surface area contributed by atoms with Crippen LogP contribution >= 0.6 is 11.3 Å². The summed E-state index contributed by atoms with van der Waals surface area (Å²) in [6.07, 6.45) is 14.2. The Kier molecular flexibility index (Phi) is 7.51. The third-order valence-corrected chi connectivity index (χ3v) is 6.61. The lowest BCUT2D eigenvalue weighted by Gasteiger charge is -2.40. The number of H-pyrrole nitrogens is 1. The molecule has 0 saturated carbocycles. The molecule has 0 amide bonds. The van der Waals surface area contributed by atoms with Crippen LogP contribution in [-0.4, -0.2) is 70.3 Å². The highest BCUT2D eigenvalue weighted by atomic mass is 32.1. The van der Waals surface area contributed by atoms with Gasteiger partial charge < -0.3 is 10.2 Å². The van der Waals surface area contributed by atoms with Crippen LogP contribution in [0.3, 0.4) is 0 Å². The topological polar surface area (TPSA) is 60.1 Å². The van der Waals surface area contributed by atoms with Gasteiger partial charge in [-0.15, -0.1) is 17.3 Å². The zero-order valence-corrected chi connectivity index (χ0v) is 19.5. The van der Waals surface area contributed by atoms with Crippen molar-refractivity contribution >= 4 is 29.6 Å². The lowest BCUT2D eigenvalue weighted by molar-refractivity contribution is 0.126. The molecular weight excluding hydrogens is 416 g/mol. The molecule has 1 fully saturated rings. The van der Waals surface area contributed by atoms with Crippen LogP contribution in [0, 0.1) is 11.8 Å².